The number of anilines is 1. The van der Waals surface area contributed by atoms with E-state index in [4.69, 9.17) is 16.3 Å². The summed E-state index contributed by atoms with van der Waals surface area (Å²) >= 11 is 5.90. The Labute approximate surface area is 133 Å². The van der Waals surface area contributed by atoms with E-state index in [1.165, 1.54) is 0 Å². The minimum absolute atomic E-state index is 0.0788. The fourth-order valence-corrected chi connectivity index (χ4v) is 2.60. The molecule has 2 atom stereocenters. The second-order valence-corrected chi connectivity index (χ2v) is 5.49. The highest BCUT2D eigenvalue weighted by Gasteiger charge is 2.30. The predicted octanol–water partition coefficient (Wildman–Crippen LogP) is 3.39. The molecule has 1 saturated heterocycles. The average molecular weight is 318 g/mol. The summed E-state index contributed by atoms with van der Waals surface area (Å²) in [6.45, 7) is 0.613. The zero-order chi connectivity index (χ0) is 15.4. The van der Waals surface area contributed by atoms with Crippen molar-refractivity contribution in [2.45, 2.75) is 18.6 Å². The summed E-state index contributed by atoms with van der Waals surface area (Å²) in [5, 5.41) is 6.33. The third-order valence-electron chi connectivity index (χ3n) is 3.51. The molecule has 5 nitrogen and oxygen atoms in total. The van der Waals surface area contributed by atoms with Gasteiger partial charge in [0.05, 0.1) is 6.04 Å². The molecule has 2 heterocycles. The lowest BCUT2D eigenvalue weighted by Crippen LogP contribution is -2.39. The quantitative estimate of drug-likeness (QED) is 0.912. The zero-order valence-electron chi connectivity index (χ0n) is 11.8. The van der Waals surface area contributed by atoms with Gasteiger partial charge in [0.15, 0.2) is 0 Å². The minimum Gasteiger partial charge on any atom is -0.371 e. The van der Waals surface area contributed by atoms with Crippen LogP contribution >= 0.6 is 11.6 Å². The first kappa shape index (κ1) is 14.8. The van der Waals surface area contributed by atoms with Crippen LogP contribution in [0.15, 0.2) is 48.7 Å². The van der Waals surface area contributed by atoms with Crippen LogP contribution in [0.4, 0.5) is 10.6 Å². The fraction of sp³-hybridized carbons (Fsp3) is 0.250. The van der Waals surface area contributed by atoms with Crippen molar-refractivity contribution in [3.63, 3.8) is 0 Å². The number of amides is 2. The lowest BCUT2D eigenvalue weighted by molar-refractivity contribution is 0.100. The van der Waals surface area contributed by atoms with E-state index in [0.717, 1.165) is 12.0 Å². The van der Waals surface area contributed by atoms with E-state index in [0.29, 0.717) is 17.4 Å². The lowest BCUT2D eigenvalue weighted by Gasteiger charge is -2.20. The number of aromatic nitrogens is 1. The first-order valence-electron chi connectivity index (χ1n) is 7.08. The van der Waals surface area contributed by atoms with Gasteiger partial charge in [0.2, 0.25) is 0 Å². The van der Waals surface area contributed by atoms with E-state index in [1.807, 2.05) is 30.3 Å². The number of ether oxygens (including phenoxy) is 1. The summed E-state index contributed by atoms with van der Waals surface area (Å²) in [6.07, 6.45) is 2.24. The van der Waals surface area contributed by atoms with Gasteiger partial charge in [0.1, 0.15) is 11.9 Å². The second kappa shape index (κ2) is 6.77. The van der Waals surface area contributed by atoms with E-state index in [1.54, 1.807) is 18.3 Å². The van der Waals surface area contributed by atoms with Crippen LogP contribution in [0.2, 0.25) is 5.02 Å². The summed E-state index contributed by atoms with van der Waals surface area (Å²) in [7, 11) is 0. The van der Waals surface area contributed by atoms with Gasteiger partial charge in [-0.1, -0.05) is 29.8 Å². The SMILES string of the molecule is O=C(Nc1ccccn1)N[C@H]1CCO[C@H]1c1ccc(Cl)cc1. The Hall–Kier alpha value is -2.11. The number of rotatable bonds is 3. The van der Waals surface area contributed by atoms with Crippen LogP contribution < -0.4 is 10.6 Å². The summed E-state index contributed by atoms with van der Waals surface area (Å²) < 4.78 is 5.74. The smallest absolute Gasteiger partial charge is 0.320 e. The van der Waals surface area contributed by atoms with Crippen LogP contribution in [0, 0.1) is 0 Å². The molecular formula is C16H16ClN3O2. The molecule has 6 heteroatoms. The van der Waals surface area contributed by atoms with Gasteiger partial charge >= 0.3 is 6.03 Å². The van der Waals surface area contributed by atoms with Crippen LogP contribution in [0.5, 0.6) is 0 Å². The largest absolute Gasteiger partial charge is 0.371 e. The molecule has 0 saturated carbocycles. The molecule has 2 N–H and O–H groups in total. The van der Waals surface area contributed by atoms with Gasteiger partial charge in [-0.2, -0.15) is 0 Å². The zero-order valence-corrected chi connectivity index (χ0v) is 12.6. The number of halogens is 1. The van der Waals surface area contributed by atoms with Crippen molar-refractivity contribution >= 4 is 23.4 Å². The number of pyridine rings is 1. The Morgan fingerprint density at radius 2 is 2.05 bits per heavy atom. The molecule has 1 aromatic carbocycles. The topological polar surface area (TPSA) is 63.2 Å². The Bertz CT molecular complexity index is 634. The predicted molar refractivity (Wildman–Crippen MR) is 84.9 cm³/mol. The molecule has 1 aliphatic rings. The van der Waals surface area contributed by atoms with E-state index >= 15 is 0 Å². The number of urea groups is 1. The summed E-state index contributed by atoms with van der Waals surface area (Å²) in [4.78, 5) is 16.1. The van der Waals surface area contributed by atoms with Gasteiger partial charge in [-0.25, -0.2) is 9.78 Å². The number of hydrogen-bond acceptors (Lipinski definition) is 3. The van der Waals surface area contributed by atoms with Gasteiger partial charge in [-0.15, -0.1) is 0 Å². The molecule has 22 heavy (non-hydrogen) atoms. The van der Waals surface area contributed by atoms with Gasteiger partial charge in [-0.05, 0) is 36.2 Å². The highest BCUT2D eigenvalue weighted by atomic mass is 35.5. The Morgan fingerprint density at radius 3 is 2.77 bits per heavy atom. The fourth-order valence-electron chi connectivity index (χ4n) is 2.48. The van der Waals surface area contributed by atoms with Crippen LogP contribution in [0.25, 0.3) is 0 Å². The van der Waals surface area contributed by atoms with E-state index in [2.05, 4.69) is 15.6 Å². The maximum absolute atomic E-state index is 12.1. The third-order valence-corrected chi connectivity index (χ3v) is 3.77. The average Bonchev–Trinajstić information content (AvgIpc) is 2.97. The first-order chi connectivity index (χ1) is 10.7. The van der Waals surface area contributed by atoms with Gasteiger partial charge in [-0.3, -0.25) is 5.32 Å². The Balaban J connectivity index is 1.63. The minimum atomic E-state index is -0.284. The maximum atomic E-state index is 12.1. The maximum Gasteiger partial charge on any atom is 0.320 e. The standard InChI is InChI=1S/C16H16ClN3O2/c17-12-6-4-11(5-7-12)15-13(8-10-22-15)19-16(21)20-14-3-1-2-9-18-14/h1-7,9,13,15H,8,10H2,(H2,18,19,20,21)/t13-,15-/m0/s1. The molecule has 1 fully saturated rings. The summed E-state index contributed by atoms with van der Waals surface area (Å²) in [5.74, 6) is 0.516. The van der Waals surface area contributed by atoms with Crippen molar-refractivity contribution < 1.29 is 9.53 Å². The van der Waals surface area contributed by atoms with Gasteiger partial charge in [0.25, 0.3) is 0 Å². The molecule has 1 aliphatic heterocycles. The van der Waals surface area contributed by atoms with Crippen molar-refractivity contribution in [3.05, 3.63) is 59.2 Å². The molecule has 3 rings (SSSR count). The highest BCUT2D eigenvalue weighted by molar-refractivity contribution is 6.30. The molecule has 1 aromatic heterocycles. The van der Waals surface area contributed by atoms with Gasteiger partial charge < -0.3 is 10.1 Å². The van der Waals surface area contributed by atoms with Crippen molar-refractivity contribution in [3.8, 4) is 0 Å². The Kier molecular flexibility index (Phi) is 4.56. The molecule has 2 aromatic rings. The van der Waals surface area contributed by atoms with Crippen molar-refractivity contribution in [1.29, 1.82) is 0 Å². The molecule has 0 bridgehead atoms. The third kappa shape index (κ3) is 3.55. The van der Waals surface area contributed by atoms with E-state index in [-0.39, 0.29) is 18.2 Å². The highest BCUT2D eigenvalue weighted by Crippen LogP contribution is 2.29. The van der Waals surface area contributed by atoms with Crippen LogP contribution in [-0.4, -0.2) is 23.7 Å². The van der Waals surface area contributed by atoms with Crippen LogP contribution in [0.3, 0.4) is 0 Å². The Morgan fingerprint density at radius 1 is 1.23 bits per heavy atom. The number of hydrogen-bond donors (Lipinski definition) is 2. The molecule has 0 aliphatic carbocycles. The first-order valence-corrected chi connectivity index (χ1v) is 7.46. The molecule has 2 amide bonds. The normalized spacial score (nSPS) is 20.6. The van der Waals surface area contributed by atoms with Crippen LogP contribution in [-0.2, 0) is 4.74 Å². The second-order valence-electron chi connectivity index (χ2n) is 5.05. The number of nitrogens with one attached hydrogen (secondary N) is 2. The molecule has 0 spiro atoms. The summed E-state index contributed by atoms with van der Waals surface area (Å²) in [6, 6.07) is 12.5. The van der Waals surface area contributed by atoms with Crippen molar-refractivity contribution in [2.75, 3.05) is 11.9 Å². The molecule has 0 radical (unpaired) electrons. The van der Waals surface area contributed by atoms with E-state index in [9.17, 15) is 4.79 Å². The number of carbonyl (C=O) groups excluding carboxylic acids is 1. The van der Waals surface area contributed by atoms with E-state index < -0.39 is 0 Å². The lowest BCUT2D eigenvalue weighted by atomic mass is 10.0. The molecule has 0 unspecified atom stereocenters. The molecule has 114 valence electrons. The molecular weight excluding hydrogens is 302 g/mol. The number of benzene rings is 1. The van der Waals surface area contributed by atoms with Gasteiger partial charge in [0, 0.05) is 17.8 Å². The monoisotopic (exact) mass is 317 g/mol. The van der Waals surface area contributed by atoms with Crippen LogP contribution in [0.1, 0.15) is 18.1 Å². The number of carbonyl (C=O) groups is 1. The van der Waals surface area contributed by atoms with Crippen molar-refractivity contribution in [2.24, 2.45) is 0 Å². The number of nitrogens with zero attached hydrogens (tertiary/aromatic N) is 1. The van der Waals surface area contributed by atoms with Crippen molar-refractivity contribution in [1.82, 2.24) is 10.3 Å². The summed E-state index contributed by atoms with van der Waals surface area (Å²) in [5.41, 5.74) is 1.00.